The predicted octanol–water partition coefficient (Wildman–Crippen LogP) is 4.16. The Morgan fingerprint density at radius 1 is 1.07 bits per heavy atom. The smallest absolute Gasteiger partial charge is 0.261 e. The number of hydrogen-bond donors (Lipinski definition) is 1. The van der Waals surface area contributed by atoms with Gasteiger partial charge in [-0.1, -0.05) is 41.9 Å². The topological polar surface area (TPSA) is 58.6 Å². The van der Waals surface area contributed by atoms with E-state index in [2.05, 4.69) is 21.2 Å². The summed E-state index contributed by atoms with van der Waals surface area (Å²) in [6.07, 6.45) is 0. The van der Waals surface area contributed by atoms with Crippen LogP contribution in [0, 0.1) is 11.7 Å². The fourth-order valence-electron chi connectivity index (χ4n) is 2.58. The molecule has 0 saturated carbocycles. The van der Waals surface area contributed by atoms with Crippen molar-refractivity contribution in [3.63, 3.8) is 0 Å². The van der Waals surface area contributed by atoms with Crippen molar-refractivity contribution in [1.29, 1.82) is 0 Å². The molecular weight excluding hydrogens is 439 g/mol. The number of carbonyl (C=O) groups is 2. The third-order valence-electron chi connectivity index (χ3n) is 4.29. The maximum Gasteiger partial charge on any atom is 0.261 e. The molecule has 0 aromatic heterocycles. The van der Waals surface area contributed by atoms with Gasteiger partial charge in [-0.25, -0.2) is 4.39 Å². The molecule has 0 saturated heterocycles. The van der Waals surface area contributed by atoms with Gasteiger partial charge in [0.15, 0.2) is 6.61 Å². The van der Waals surface area contributed by atoms with Crippen molar-refractivity contribution in [3.05, 3.63) is 64.4 Å². The Hall–Kier alpha value is -2.41. The van der Waals surface area contributed by atoms with Crippen molar-refractivity contribution in [2.24, 2.45) is 5.92 Å². The van der Waals surface area contributed by atoms with E-state index in [0.29, 0.717) is 18.2 Å². The predicted molar refractivity (Wildman–Crippen MR) is 114 cm³/mol. The molecule has 0 aliphatic heterocycles. The van der Waals surface area contributed by atoms with E-state index in [1.54, 1.807) is 31.2 Å². The zero-order chi connectivity index (χ0) is 21.4. The van der Waals surface area contributed by atoms with Crippen molar-refractivity contribution in [2.45, 2.75) is 33.4 Å². The third kappa shape index (κ3) is 7.49. The molecule has 2 aromatic carbocycles. The van der Waals surface area contributed by atoms with Crippen molar-refractivity contribution >= 4 is 27.7 Å². The van der Waals surface area contributed by atoms with E-state index in [1.165, 1.54) is 17.0 Å². The van der Waals surface area contributed by atoms with Gasteiger partial charge >= 0.3 is 0 Å². The Kier molecular flexibility index (Phi) is 8.64. The summed E-state index contributed by atoms with van der Waals surface area (Å²) in [6.45, 7) is 6.18. The molecule has 0 bridgehead atoms. The maximum atomic E-state index is 13.2. The molecular formula is C22H26BrFN2O3. The first kappa shape index (κ1) is 22.9. The Morgan fingerprint density at radius 3 is 2.28 bits per heavy atom. The molecule has 2 aromatic rings. The van der Waals surface area contributed by atoms with Crippen LogP contribution in [-0.2, 0) is 16.1 Å². The van der Waals surface area contributed by atoms with Crippen LogP contribution in [0.25, 0.3) is 0 Å². The number of halogens is 2. The highest BCUT2D eigenvalue weighted by atomic mass is 79.9. The van der Waals surface area contributed by atoms with E-state index < -0.39 is 6.04 Å². The first-order chi connectivity index (χ1) is 13.8. The second-order valence-electron chi connectivity index (χ2n) is 7.21. The molecule has 0 radical (unpaired) electrons. The molecule has 29 heavy (non-hydrogen) atoms. The van der Waals surface area contributed by atoms with Crippen LogP contribution in [0.2, 0.25) is 0 Å². The molecule has 0 aliphatic rings. The largest absolute Gasteiger partial charge is 0.484 e. The number of rotatable bonds is 9. The van der Waals surface area contributed by atoms with Crippen LogP contribution in [0.1, 0.15) is 26.3 Å². The van der Waals surface area contributed by atoms with Gasteiger partial charge < -0.3 is 15.0 Å². The SMILES string of the molecule is CC(C)CNC(=O)[C@@H](C)N(Cc1ccc(F)cc1)C(=O)COc1ccc(Br)cc1. The van der Waals surface area contributed by atoms with E-state index in [-0.39, 0.29) is 30.8 Å². The number of carbonyl (C=O) groups excluding carboxylic acids is 2. The van der Waals surface area contributed by atoms with Crippen LogP contribution in [0.4, 0.5) is 4.39 Å². The number of amides is 2. The second kappa shape index (κ2) is 11.0. The van der Waals surface area contributed by atoms with Gasteiger partial charge in [-0.15, -0.1) is 0 Å². The average molecular weight is 465 g/mol. The van der Waals surface area contributed by atoms with E-state index in [1.807, 2.05) is 26.0 Å². The van der Waals surface area contributed by atoms with Gasteiger partial charge in [0.05, 0.1) is 0 Å². The van der Waals surface area contributed by atoms with Crippen molar-refractivity contribution < 1.29 is 18.7 Å². The lowest BCUT2D eigenvalue weighted by Gasteiger charge is -2.29. The lowest BCUT2D eigenvalue weighted by molar-refractivity contribution is -0.142. The number of nitrogens with one attached hydrogen (secondary N) is 1. The molecule has 2 rings (SSSR count). The highest BCUT2D eigenvalue weighted by Crippen LogP contribution is 2.17. The average Bonchev–Trinajstić information content (AvgIpc) is 2.70. The summed E-state index contributed by atoms with van der Waals surface area (Å²) in [5, 5.41) is 2.85. The zero-order valence-corrected chi connectivity index (χ0v) is 18.4. The van der Waals surface area contributed by atoms with Gasteiger partial charge in [0.2, 0.25) is 5.91 Å². The first-order valence-electron chi connectivity index (χ1n) is 9.46. The van der Waals surface area contributed by atoms with Gasteiger partial charge in [-0.05, 0) is 54.8 Å². The first-order valence-corrected chi connectivity index (χ1v) is 10.3. The summed E-state index contributed by atoms with van der Waals surface area (Å²) in [6, 6.07) is 12.3. The molecule has 1 atom stereocenters. The molecule has 0 aliphatic carbocycles. The van der Waals surface area contributed by atoms with Gasteiger partial charge in [0.1, 0.15) is 17.6 Å². The van der Waals surface area contributed by atoms with Crippen LogP contribution >= 0.6 is 15.9 Å². The van der Waals surface area contributed by atoms with Gasteiger partial charge in [-0.2, -0.15) is 0 Å². The normalized spacial score (nSPS) is 11.8. The fraction of sp³-hybridized carbons (Fsp3) is 0.364. The highest BCUT2D eigenvalue weighted by Gasteiger charge is 2.26. The lowest BCUT2D eigenvalue weighted by Crippen LogP contribution is -2.49. The minimum atomic E-state index is -0.695. The van der Waals surface area contributed by atoms with E-state index >= 15 is 0 Å². The lowest BCUT2D eigenvalue weighted by atomic mass is 10.1. The molecule has 0 heterocycles. The van der Waals surface area contributed by atoms with Crippen molar-refractivity contribution in [3.8, 4) is 5.75 Å². The van der Waals surface area contributed by atoms with E-state index in [0.717, 1.165) is 10.0 Å². The molecule has 0 spiro atoms. The minimum absolute atomic E-state index is 0.180. The quantitative estimate of drug-likeness (QED) is 0.605. The second-order valence-corrected chi connectivity index (χ2v) is 8.12. The molecule has 0 unspecified atom stereocenters. The summed E-state index contributed by atoms with van der Waals surface area (Å²) in [7, 11) is 0. The molecule has 7 heteroatoms. The Labute approximate surface area is 179 Å². The number of ether oxygens (including phenoxy) is 1. The van der Waals surface area contributed by atoms with Crippen LogP contribution in [-0.4, -0.2) is 35.9 Å². The zero-order valence-electron chi connectivity index (χ0n) is 16.8. The van der Waals surface area contributed by atoms with Crippen LogP contribution in [0.3, 0.4) is 0 Å². The number of benzene rings is 2. The van der Waals surface area contributed by atoms with Crippen LogP contribution in [0.15, 0.2) is 53.0 Å². The molecule has 1 N–H and O–H groups in total. The monoisotopic (exact) mass is 464 g/mol. The molecule has 5 nitrogen and oxygen atoms in total. The summed E-state index contributed by atoms with van der Waals surface area (Å²) in [5.74, 6) is -0.0662. The summed E-state index contributed by atoms with van der Waals surface area (Å²) in [5.41, 5.74) is 0.729. The van der Waals surface area contributed by atoms with Crippen molar-refractivity contribution in [2.75, 3.05) is 13.2 Å². The Bertz CT molecular complexity index is 810. The van der Waals surface area contributed by atoms with Crippen LogP contribution < -0.4 is 10.1 Å². The van der Waals surface area contributed by atoms with Gasteiger partial charge in [0.25, 0.3) is 5.91 Å². The Balaban J connectivity index is 2.10. The standard InChI is InChI=1S/C22H26BrFN2O3/c1-15(2)12-25-22(28)16(3)26(13-17-4-8-19(24)9-5-17)21(27)14-29-20-10-6-18(23)7-11-20/h4-11,15-16H,12-14H2,1-3H3,(H,25,28)/t16-/m1/s1. The van der Waals surface area contributed by atoms with Gasteiger partial charge in [0, 0.05) is 17.6 Å². The van der Waals surface area contributed by atoms with Crippen molar-refractivity contribution in [1.82, 2.24) is 10.2 Å². The van der Waals surface area contributed by atoms with E-state index in [9.17, 15) is 14.0 Å². The number of nitrogens with zero attached hydrogens (tertiary/aromatic N) is 1. The summed E-state index contributed by atoms with van der Waals surface area (Å²) in [4.78, 5) is 26.9. The molecule has 156 valence electrons. The summed E-state index contributed by atoms with van der Waals surface area (Å²) < 4.78 is 19.7. The maximum absolute atomic E-state index is 13.2. The van der Waals surface area contributed by atoms with Crippen LogP contribution in [0.5, 0.6) is 5.75 Å². The highest BCUT2D eigenvalue weighted by molar-refractivity contribution is 9.10. The fourth-order valence-corrected chi connectivity index (χ4v) is 2.84. The molecule has 2 amide bonds. The third-order valence-corrected chi connectivity index (χ3v) is 4.82. The Morgan fingerprint density at radius 2 is 1.69 bits per heavy atom. The minimum Gasteiger partial charge on any atom is -0.484 e. The van der Waals surface area contributed by atoms with E-state index in [4.69, 9.17) is 4.74 Å². The van der Waals surface area contributed by atoms with Gasteiger partial charge in [-0.3, -0.25) is 9.59 Å². The number of hydrogen-bond acceptors (Lipinski definition) is 3. The molecule has 0 fully saturated rings. The summed E-state index contributed by atoms with van der Waals surface area (Å²) >= 11 is 3.35.